The van der Waals surface area contributed by atoms with E-state index in [0.717, 1.165) is 5.69 Å². The quantitative estimate of drug-likeness (QED) is 0.311. The van der Waals surface area contributed by atoms with E-state index in [2.05, 4.69) is 5.43 Å². The summed E-state index contributed by atoms with van der Waals surface area (Å²) in [5.41, 5.74) is 3.76. The number of nitrogens with zero attached hydrogens (tertiary/aromatic N) is 1. The van der Waals surface area contributed by atoms with Crippen LogP contribution in [0, 0.1) is 0 Å². The summed E-state index contributed by atoms with van der Waals surface area (Å²) in [5, 5.41) is 0. The summed E-state index contributed by atoms with van der Waals surface area (Å²) >= 11 is 0. The van der Waals surface area contributed by atoms with E-state index < -0.39 is 0 Å². The second-order valence-electron chi connectivity index (χ2n) is 4.04. The lowest BCUT2D eigenvalue weighted by molar-refractivity contribution is 0.0953. The normalized spacial score (nSPS) is 11.1. The lowest BCUT2D eigenvalue weighted by atomic mass is 10.1. The molecule has 0 fully saturated rings. The van der Waals surface area contributed by atoms with Crippen LogP contribution in [-0.4, -0.2) is 27.1 Å². The third-order valence-electron chi connectivity index (χ3n) is 2.01. The molecule has 76 valence electrons. The van der Waals surface area contributed by atoms with Crippen molar-refractivity contribution in [1.29, 1.82) is 0 Å². The first kappa shape index (κ1) is 10.7. The van der Waals surface area contributed by atoms with Crippen molar-refractivity contribution in [1.82, 2.24) is 9.91 Å². The van der Waals surface area contributed by atoms with Crippen LogP contribution in [0.25, 0.3) is 0 Å². The molecule has 0 aliphatic rings. The third-order valence-corrected chi connectivity index (χ3v) is 2.01. The molecule has 0 aromatic heterocycles. The second-order valence-corrected chi connectivity index (χ2v) is 4.04. The third kappa shape index (κ3) is 2.31. The molecule has 4 nitrogen and oxygen atoms in total. The lowest BCUT2D eigenvalue weighted by Crippen LogP contribution is -2.35. The number of nitrogens with two attached hydrogens (primary N) is 1. The van der Waals surface area contributed by atoms with E-state index in [1.807, 2.05) is 39.3 Å². The fourth-order valence-electron chi connectivity index (χ4n) is 1.15. The number of nitrogens with one attached hydrogen (secondary N) is 1. The maximum Gasteiger partial charge on any atom is 0.265 e. The van der Waals surface area contributed by atoms with E-state index in [4.69, 9.17) is 5.84 Å². The van der Waals surface area contributed by atoms with Gasteiger partial charge in [-0.05, 0) is 12.1 Å². The summed E-state index contributed by atoms with van der Waals surface area (Å²) in [6.07, 6.45) is 0. The van der Waals surface area contributed by atoms with E-state index in [0.29, 0.717) is 10.0 Å². The molecule has 0 atom stereocenters. The molecule has 14 heavy (non-hydrogen) atoms. The van der Waals surface area contributed by atoms with Crippen molar-refractivity contribution in [2.45, 2.75) is 0 Å². The highest BCUT2D eigenvalue weighted by Crippen LogP contribution is 2.17. The minimum absolute atomic E-state index is 0.264. The fraction of sp³-hybridized carbons (Fsp3) is 0.300. The number of amides is 1. The number of hydrazine groups is 1. The zero-order chi connectivity index (χ0) is 10.8. The molecule has 0 spiro atoms. The van der Waals surface area contributed by atoms with Crippen LogP contribution in [0.4, 0.5) is 5.69 Å². The van der Waals surface area contributed by atoms with Gasteiger partial charge in [0.1, 0.15) is 5.69 Å². The zero-order valence-corrected chi connectivity index (χ0v) is 8.74. The van der Waals surface area contributed by atoms with Crippen LogP contribution >= 0.6 is 0 Å². The van der Waals surface area contributed by atoms with Gasteiger partial charge in [0.15, 0.2) is 0 Å². The number of hydrogen-bond donors (Lipinski definition) is 2. The van der Waals surface area contributed by atoms with Crippen LogP contribution in [-0.2, 0) is 0 Å². The topological polar surface area (TPSA) is 55.1 Å². The van der Waals surface area contributed by atoms with E-state index in [9.17, 15) is 4.79 Å². The second kappa shape index (κ2) is 3.77. The zero-order valence-electron chi connectivity index (χ0n) is 8.74. The van der Waals surface area contributed by atoms with E-state index >= 15 is 0 Å². The summed E-state index contributed by atoms with van der Waals surface area (Å²) in [6.45, 7) is 0. The van der Waals surface area contributed by atoms with Gasteiger partial charge in [-0.25, -0.2) is 5.84 Å². The minimum Gasteiger partial charge on any atom is -0.298 e. The molecular formula is C10H16N3O+. The largest absolute Gasteiger partial charge is 0.298 e. The summed E-state index contributed by atoms with van der Waals surface area (Å²) < 4.78 is 0.672. The van der Waals surface area contributed by atoms with Gasteiger partial charge in [0.2, 0.25) is 0 Å². The van der Waals surface area contributed by atoms with Crippen molar-refractivity contribution in [3.63, 3.8) is 0 Å². The summed E-state index contributed by atoms with van der Waals surface area (Å²) in [7, 11) is 6.12. The van der Waals surface area contributed by atoms with Gasteiger partial charge in [0.25, 0.3) is 5.91 Å². The molecule has 4 heteroatoms. The predicted octanol–water partition coefficient (Wildman–Crippen LogP) is 0.487. The fourth-order valence-corrected chi connectivity index (χ4v) is 1.15. The number of benzene rings is 1. The molecule has 0 heterocycles. The Balaban J connectivity index is 3.08. The Labute approximate surface area is 83.9 Å². The van der Waals surface area contributed by atoms with Crippen LogP contribution in [0.15, 0.2) is 24.3 Å². The first-order chi connectivity index (χ1) is 6.45. The highest BCUT2D eigenvalue weighted by molar-refractivity contribution is 5.94. The van der Waals surface area contributed by atoms with Crippen LogP contribution in [0.1, 0.15) is 10.4 Å². The number of nitrogen functional groups attached to an aromatic ring is 1. The van der Waals surface area contributed by atoms with Crippen molar-refractivity contribution in [2.75, 3.05) is 21.1 Å². The molecule has 1 aromatic rings. The van der Waals surface area contributed by atoms with Gasteiger partial charge in [-0.1, -0.05) is 6.07 Å². The first-order valence-electron chi connectivity index (χ1n) is 4.38. The summed E-state index contributed by atoms with van der Waals surface area (Å²) in [4.78, 5) is 11.2. The monoisotopic (exact) mass is 194 g/mol. The smallest absolute Gasteiger partial charge is 0.265 e. The maximum atomic E-state index is 11.2. The van der Waals surface area contributed by atoms with Crippen molar-refractivity contribution >= 4 is 11.6 Å². The molecule has 0 aliphatic carbocycles. The molecule has 0 radical (unpaired) electrons. The van der Waals surface area contributed by atoms with Gasteiger partial charge >= 0.3 is 0 Å². The Kier molecular flexibility index (Phi) is 2.88. The molecular weight excluding hydrogens is 178 g/mol. The standard InChI is InChI=1S/C10H15N3O/c1-13(2,3)9-6-4-5-8(7-9)10(14)12-11/h4-7H,11H2,1-3H3/p+1. The highest BCUT2D eigenvalue weighted by Gasteiger charge is 2.14. The van der Waals surface area contributed by atoms with E-state index in [1.54, 1.807) is 6.07 Å². The number of rotatable bonds is 2. The van der Waals surface area contributed by atoms with Crippen LogP contribution in [0.3, 0.4) is 0 Å². The Hall–Kier alpha value is -1.39. The van der Waals surface area contributed by atoms with Crippen molar-refractivity contribution in [2.24, 2.45) is 5.84 Å². The highest BCUT2D eigenvalue weighted by atomic mass is 16.2. The maximum absolute atomic E-state index is 11.2. The SMILES string of the molecule is C[N+](C)(C)c1cccc(C(=O)NN)c1. The van der Waals surface area contributed by atoms with Crippen LogP contribution < -0.4 is 15.8 Å². The minimum atomic E-state index is -0.264. The van der Waals surface area contributed by atoms with Crippen LogP contribution in [0.2, 0.25) is 0 Å². The van der Waals surface area contributed by atoms with Gasteiger partial charge in [-0.15, -0.1) is 0 Å². The first-order valence-corrected chi connectivity index (χ1v) is 4.38. The van der Waals surface area contributed by atoms with Crippen molar-refractivity contribution < 1.29 is 4.79 Å². The molecule has 0 saturated carbocycles. The number of quaternary nitrogens is 1. The molecule has 3 N–H and O–H groups in total. The average molecular weight is 194 g/mol. The van der Waals surface area contributed by atoms with E-state index in [1.165, 1.54) is 0 Å². The molecule has 0 bridgehead atoms. The molecule has 1 rings (SSSR count). The average Bonchev–Trinajstić information content (AvgIpc) is 2.15. The molecule has 0 unspecified atom stereocenters. The van der Waals surface area contributed by atoms with Gasteiger partial charge < -0.3 is 0 Å². The van der Waals surface area contributed by atoms with Crippen LogP contribution in [0.5, 0.6) is 0 Å². The summed E-state index contributed by atoms with van der Waals surface area (Å²) in [6, 6.07) is 7.40. The van der Waals surface area contributed by atoms with Gasteiger partial charge in [-0.3, -0.25) is 14.7 Å². The van der Waals surface area contributed by atoms with E-state index in [-0.39, 0.29) is 5.91 Å². The van der Waals surface area contributed by atoms with Crippen molar-refractivity contribution in [3.8, 4) is 0 Å². The predicted molar refractivity (Wildman–Crippen MR) is 57.7 cm³/mol. The Morgan fingerprint density at radius 1 is 1.36 bits per heavy atom. The Morgan fingerprint density at radius 3 is 2.50 bits per heavy atom. The molecule has 1 aromatic carbocycles. The van der Waals surface area contributed by atoms with Gasteiger partial charge in [0, 0.05) is 11.6 Å². The van der Waals surface area contributed by atoms with Crippen molar-refractivity contribution in [3.05, 3.63) is 29.8 Å². The lowest BCUT2D eigenvalue weighted by Gasteiger charge is -2.23. The molecule has 0 aliphatic heterocycles. The summed E-state index contributed by atoms with van der Waals surface area (Å²) in [5.74, 6) is 4.79. The molecule has 1 amide bonds. The van der Waals surface area contributed by atoms with Gasteiger partial charge in [-0.2, -0.15) is 0 Å². The Bertz CT molecular complexity index is 341. The molecule has 0 saturated heterocycles. The number of hydrogen-bond acceptors (Lipinski definition) is 2. The van der Waals surface area contributed by atoms with Gasteiger partial charge in [0.05, 0.1) is 21.1 Å². The number of carbonyl (C=O) groups excluding carboxylic acids is 1. The number of carbonyl (C=O) groups is 1. The Morgan fingerprint density at radius 2 is 2.00 bits per heavy atom.